The summed E-state index contributed by atoms with van der Waals surface area (Å²) in [6.45, 7) is 0.531. The van der Waals surface area contributed by atoms with E-state index in [4.69, 9.17) is 5.73 Å². The monoisotopic (exact) mass is 245 g/mol. The van der Waals surface area contributed by atoms with Crippen molar-refractivity contribution < 1.29 is 9.59 Å². The number of nitrogens with zero attached hydrogens (tertiary/aromatic N) is 1. The van der Waals surface area contributed by atoms with E-state index in [1.807, 2.05) is 36.2 Å². The van der Waals surface area contributed by atoms with Gasteiger partial charge in [0.2, 0.25) is 11.8 Å². The van der Waals surface area contributed by atoms with Gasteiger partial charge < -0.3 is 11.1 Å². The number of fused-ring (bicyclic) bond motifs is 2. The number of primary amides is 1. The van der Waals surface area contributed by atoms with Crippen LogP contribution in [-0.2, 0) is 15.0 Å². The number of rotatable bonds is 1. The van der Waals surface area contributed by atoms with E-state index < -0.39 is 5.41 Å². The molecule has 2 atom stereocenters. The van der Waals surface area contributed by atoms with Crippen molar-refractivity contribution in [3.8, 4) is 0 Å². The SMILES string of the molecule is CN1C[C@]2(C[C@H]1C(N)=O)C(=O)Nc1ccccc12. The van der Waals surface area contributed by atoms with Crippen LogP contribution in [-0.4, -0.2) is 36.3 Å². The standard InChI is InChI=1S/C13H15N3O2/c1-16-7-13(6-10(16)11(14)17)8-4-2-3-5-9(8)15-12(13)18/h2-5,10H,6-7H2,1H3,(H2,14,17)(H,15,18)/t10-,13-/m0/s1. The van der Waals surface area contributed by atoms with Gasteiger partial charge in [-0.05, 0) is 25.1 Å². The molecule has 5 heteroatoms. The summed E-state index contributed by atoms with van der Waals surface area (Å²) < 4.78 is 0. The summed E-state index contributed by atoms with van der Waals surface area (Å²) in [5, 5.41) is 2.89. The number of likely N-dealkylation sites (tertiary alicyclic amines) is 1. The molecule has 5 nitrogen and oxygen atoms in total. The Bertz CT molecular complexity index is 543. The van der Waals surface area contributed by atoms with E-state index in [-0.39, 0.29) is 17.9 Å². The Hall–Kier alpha value is -1.88. The third-order valence-electron chi connectivity index (χ3n) is 4.05. The van der Waals surface area contributed by atoms with E-state index in [1.165, 1.54) is 0 Å². The largest absolute Gasteiger partial charge is 0.368 e. The molecule has 1 fully saturated rings. The van der Waals surface area contributed by atoms with E-state index >= 15 is 0 Å². The van der Waals surface area contributed by atoms with Crippen LogP contribution in [0.4, 0.5) is 5.69 Å². The minimum Gasteiger partial charge on any atom is -0.368 e. The van der Waals surface area contributed by atoms with Crippen molar-refractivity contribution in [2.75, 3.05) is 18.9 Å². The van der Waals surface area contributed by atoms with Gasteiger partial charge in [0, 0.05) is 12.2 Å². The highest BCUT2D eigenvalue weighted by atomic mass is 16.2. The highest BCUT2D eigenvalue weighted by Crippen LogP contribution is 2.45. The number of carbonyl (C=O) groups is 2. The summed E-state index contributed by atoms with van der Waals surface area (Å²) >= 11 is 0. The minimum absolute atomic E-state index is 0.0284. The molecule has 0 unspecified atom stereocenters. The van der Waals surface area contributed by atoms with Gasteiger partial charge in [0.1, 0.15) is 0 Å². The molecule has 0 aromatic heterocycles. The third kappa shape index (κ3) is 1.31. The van der Waals surface area contributed by atoms with E-state index in [9.17, 15) is 9.59 Å². The maximum atomic E-state index is 12.3. The first-order chi connectivity index (χ1) is 8.54. The van der Waals surface area contributed by atoms with E-state index in [0.717, 1.165) is 11.3 Å². The lowest BCUT2D eigenvalue weighted by molar-refractivity contribution is -0.121. The van der Waals surface area contributed by atoms with Crippen LogP contribution in [0.2, 0.25) is 0 Å². The van der Waals surface area contributed by atoms with Gasteiger partial charge in [0.15, 0.2) is 0 Å². The molecular formula is C13H15N3O2. The average molecular weight is 245 g/mol. The number of benzene rings is 1. The molecule has 2 heterocycles. The summed E-state index contributed by atoms with van der Waals surface area (Å²) in [5.74, 6) is -0.397. The van der Waals surface area contributed by atoms with Gasteiger partial charge in [-0.1, -0.05) is 18.2 Å². The molecule has 0 bridgehead atoms. The molecule has 1 aromatic carbocycles. The molecule has 0 saturated carbocycles. The Labute approximate surface area is 105 Å². The number of para-hydroxylation sites is 1. The molecule has 94 valence electrons. The molecule has 0 aliphatic carbocycles. The summed E-state index contributed by atoms with van der Waals surface area (Å²) in [6, 6.07) is 7.27. The quantitative estimate of drug-likeness (QED) is 0.735. The molecule has 18 heavy (non-hydrogen) atoms. The fourth-order valence-electron chi connectivity index (χ4n) is 3.14. The van der Waals surface area contributed by atoms with Crippen molar-refractivity contribution in [3.63, 3.8) is 0 Å². The Morgan fingerprint density at radius 2 is 2.22 bits per heavy atom. The average Bonchev–Trinajstić information content (AvgIpc) is 2.81. The van der Waals surface area contributed by atoms with Crippen LogP contribution in [0.25, 0.3) is 0 Å². The predicted octanol–water partition coefficient (Wildman–Crippen LogP) is 0.0659. The second-order valence-corrected chi connectivity index (χ2v) is 5.12. The molecule has 1 aromatic rings. The predicted molar refractivity (Wildman–Crippen MR) is 67.0 cm³/mol. The Morgan fingerprint density at radius 1 is 1.50 bits per heavy atom. The minimum atomic E-state index is -0.620. The van der Waals surface area contributed by atoms with Crippen molar-refractivity contribution in [1.29, 1.82) is 0 Å². The highest BCUT2D eigenvalue weighted by Gasteiger charge is 2.54. The fraction of sp³-hybridized carbons (Fsp3) is 0.385. The number of carbonyl (C=O) groups excluding carboxylic acids is 2. The maximum Gasteiger partial charge on any atom is 0.236 e. The Kier molecular flexibility index (Phi) is 2.22. The molecule has 2 aliphatic heterocycles. The van der Waals surface area contributed by atoms with Gasteiger partial charge >= 0.3 is 0 Å². The van der Waals surface area contributed by atoms with Crippen LogP contribution in [0, 0.1) is 0 Å². The van der Waals surface area contributed by atoms with Crippen molar-refractivity contribution in [1.82, 2.24) is 4.90 Å². The van der Waals surface area contributed by atoms with Gasteiger partial charge in [-0.25, -0.2) is 0 Å². The molecule has 1 saturated heterocycles. The van der Waals surface area contributed by atoms with E-state index in [2.05, 4.69) is 5.32 Å². The van der Waals surface area contributed by atoms with Gasteiger partial charge in [0.05, 0.1) is 11.5 Å². The zero-order valence-electron chi connectivity index (χ0n) is 10.1. The summed E-state index contributed by atoms with van der Waals surface area (Å²) in [7, 11) is 1.83. The molecular weight excluding hydrogens is 230 g/mol. The first-order valence-corrected chi connectivity index (χ1v) is 5.95. The molecule has 2 aliphatic rings. The number of amides is 2. The summed E-state index contributed by atoms with van der Waals surface area (Å²) in [4.78, 5) is 25.6. The molecule has 0 radical (unpaired) electrons. The number of anilines is 1. The van der Waals surface area contributed by atoms with Crippen molar-refractivity contribution >= 4 is 17.5 Å². The Balaban J connectivity index is 2.07. The van der Waals surface area contributed by atoms with Crippen molar-refractivity contribution in [3.05, 3.63) is 29.8 Å². The fourth-order valence-corrected chi connectivity index (χ4v) is 3.14. The maximum absolute atomic E-state index is 12.3. The second-order valence-electron chi connectivity index (χ2n) is 5.12. The normalized spacial score (nSPS) is 30.5. The molecule has 3 N–H and O–H groups in total. The zero-order chi connectivity index (χ0) is 12.9. The van der Waals surface area contributed by atoms with Crippen LogP contribution in [0.5, 0.6) is 0 Å². The molecule has 3 rings (SSSR count). The van der Waals surface area contributed by atoms with Crippen LogP contribution in [0.1, 0.15) is 12.0 Å². The highest BCUT2D eigenvalue weighted by molar-refractivity contribution is 6.07. The van der Waals surface area contributed by atoms with Gasteiger partial charge in [0.25, 0.3) is 0 Å². The molecule has 2 amide bonds. The smallest absolute Gasteiger partial charge is 0.236 e. The Morgan fingerprint density at radius 3 is 2.89 bits per heavy atom. The van der Waals surface area contributed by atoms with Gasteiger partial charge in [-0.3, -0.25) is 14.5 Å². The van der Waals surface area contributed by atoms with Crippen LogP contribution < -0.4 is 11.1 Å². The number of nitrogens with one attached hydrogen (secondary N) is 1. The summed E-state index contributed by atoms with van der Waals surface area (Å²) in [5.41, 5.74) is 6.60. The van der Waals surface area contributed by atoms with Crippen molar-refractivity contribution in [2.24, 2.45) is 5.73 Å². The lowest BCUT2D eigenvalue weighted by atomic mass is 9.79. The van der Waals surface area contributed by atoms with Crippen molar-refractivity contribution in [2.45, 2.75) is 17.9 Å². The number of hydrogen-bond acceptors (Lipinski definition) is 3. The van der Waals surface area contributed by atoms with E-state index in [1.54, 1.807) is 0 Å². The van der Waals surface area contributed by atoms with Crippen LogP contribution in [0.15, 0.2) is 24.3 Å². The van der Waals surface area contributed by atoms with Crippen LogP contribution >= 0.6 is 0 Å². The summed E-state index contributed by atoms with van der Waals surface area (Å²) in [6.07, 6.45) is 0.460. The van der Waals surface area contributed by atoms with Crippen LogP contribution in [0.3, 0.4) is 0 Å². The number of likely N-dealkylation sites (N-methyl/N-ethyl adjacent to an activating group) is 1. The van der Waals surface area contributed by atoms with Gasteiger partial charge in [-0.2, -0.15) is 0 Å². The first-order valence-electron chi connectivity index (χ1n) is 5.95. The zero-order valence-corrected chi connectivity index (χ0v) is 10.1. The lowest BCUT2D eigenvalue weighted by Crippen LogP contribution is -2.37. The third-order valence-corrected chi connectivity index (χ3v) is 4.05. The number of hydrogen-bond donors (Lipinski definition) is 2. The van der Waals surface area contributed by atoms with E-state index in [0.29, 0.717) is 13.0 Å². The molecule has 1 spiro atoms. The lowest BCUT2D eigenvalue weighted by Gasteiger charge is -2.20. The topological polar surface area (TPSA) is 75.4 Å². The van der Waals surface area contributed by atoms with Gasteiger partial charge in [-0.15, -0.1) is 0 Å². The number of nitrogens with two attached hydrogens (primary N) is 1. The second kappa shape index (κ2) is 3.55. The first kappa shape index (κ1) is 11.2.